The van der Waals surface area contributed by atoms with Crippen LogP contribution in [0.3, 0.4) is 0 Å². The maximum atomic E-state index is 12.7. The highest BCUT2D eigenvalue weighted by molar-refractivity contribution is 7.90. The summed E-state index contributed by atoms with van der Waals surface area (Å²) in [4.78, 5) is 34.7. The lowest BCUT2D eigenvalue weighted by Crippen LogP contribution is -2.32. The molecule has 2 rings (SSSR count). The predicted molar refractivity (Wildman–Crippen MR) is 102 cm³/mol. The van der Waals surface area contributed by atoms with Gasteiger partial charge in [-0.25, -0.2) is 0 Å². The van der Waals surface area contributed by atoms with Gasteiger partial charge in [-0.2, -0.15) is 23.1 Å². The van der Waals surface area contributed by atoms with Gasteiger partial charge in [0, 0.05) is 23.9 Å². The molecule has 31 heavy (non-hydrogen) atoms. The zero-order valence-corrected chi connectivity index (χ0v) is 17.1. The largest absolute Gasteiger partial charge is 0.609 e. The summed E-state index contributed by atoms with van der Waals surface area (Å²) in [7, 11) is 0. The lowest BCUT2D eigenvalue weighted by molar-refractivity contribution is -0.383. The van der Waals surface area contributed by atoms with E-state index in [1.807, 2.05) is 0 Å². The van der Waals surface area contributed by atoms with Crippen LogP contribution in [-0.4, -0.2) is 49.8 Å². The number of carbonyl (C=O) groups excluding carboxylic acids is 1. The molecule has 0 bridgehead atoms. The normalized spacial score (nSPS) is 12.3. The number of anilines is 2. The number of rotatable bonds is 8. The molecular weight excluding hydrogens is 445 g/mol. The summed E-state index contributed by atoms with van der Waals surface area (Å²) in [6.07, 6.45) is -2.51. The summed E-state index contributed by atoms with van der Waals surface area (Å²) in [5.74, 6) is -1.80. The first-order chi connectivity index (χ1) is 14.4. The first-order valence-electron chi connectivity index (χ1n) is 8.52. The van der Waals surface area contributed by atoms with Crippen LogP contribution >= 0.6 is 0 Å². The van der Waals surface area contributed by atoms with Gasteiger partial charge in [0.25, 0.3) is 0 Å². The van der Waals surface area contributed by atoms with Crippen LogP contribution in [0.2, 0.25) is 0 Å². The Balaban J connectivity index is 2.53. The van der Waals surface area contributed by atoms with Crippen LogP contribution in [0.25, 0.3) is 0 Å². The number of nitro groups is 1. The summed E-state index contributed by atoms with van der Waals surface area (Å²) in [6, 6.07) is 1.83. The van der Waals surface area contributed by atoms with Crippen LogP contribution in [-0.2, 0) is 33.4 Å². The van der Waals surface area contributed by atoms with Gasteiger partial charge in [-0.1, -0.05) is 6.07 Å². The molecule has 0 radical (unpaired) electrons. The fraction of sp³-hybridized carbons (Fsp3) is 0.375. The maximum absolute atomic E-state index is 12.7. The minimum Gasteiger partial charge on any atom is -0.609 e. The van der Waals surface area contributed by atoms with Crippen molar-refractivity contribution in [2.24, 2.45) is 0 Å². The van der Waals surface area contributed by atoms with Crippen molar-refractivity contribution < 1.29 is 32.2 Å². The molecule has 0 aromatic carbocycles. The fourth-order valence-corrected chi connectivity index (χ4v) is 2.88. The van der Waals surface area contributed by atoms with Gasteiger partial charge >= 0.3 is 23.0 Å². The molecule has 0 aliphatic rings. The van der Waals surface area contributed by atoms with Gasteiger partial charge in [0.1, 0.15) is 18.5 Å². The van der Waals surface area contributed by atoms with E-state index in [2.05, 4.69) is 15.0 Å². The molecule has 15 heteroatoms. The molecule has 2 N–H and O–H groups in total. The van der Waals surface area contributed by atoms with E-state index < -0.39 is 57.8 Å². The van der Waals surface area contributed by atoms with Crippen molar-refractivity contribution in [1.29, 1.82) is 0 Å². The minimum absolute atomic E-state index is 0.0206. The van der Waals surface area contributed by atoms with Crippen molar-refractivity contribution in [2.75, 3.05) is 30.0 Å². The highest BCUT2D eigenvalue weighted by Gasteiger charge is 2.33. The number of nitrogen functional groups attached to an aromatic ring is 1. The number of esters is 1. The number of pyridine rings is 1. The first kappa shape index (κ1) is 24.1. The van der Waals surface area contributed by atoms with E-state index in [9.17, 15) is 32.6 Å². The molecule has 1 atom stereocenters. The highest BCUT2D eigenvalue weighted by atomic mass is 32.2. The van der Waals surface area contributed by atoms with Gasteiger partial charge < -0.3 is 19.9 Å². The Bertz CT molecular complexity index is 958. The predicted octanol–water partition coefficient (Wildman–Crippen LogP) is 1.69. The Kier molecular flexibility index (Phi) is 7.56. The molecule has 1 unspecified atom stereocenters. The van der Waals surface area contributed by atoms with Crippen LogP contribution in [0.15, 0.2) is 23.5 Å². The van der Waals surface area contributed by atoms with Crippen molar-refractivity contribution in [3.05, 3.63) is 39.7 Å². The number of carbonyl (C=O) groups is 1. The van der Waals surface area contributed by atoms with Crippen molar-refractivity contribution in [3.8, 4) is 0 Å². The molecule has 0 spiro atoms. The van der Waals surface area contributed by atoms with E-state index in [4.69, 9.17) is 10.5 Å². The monoisotopic (exact) mass is 462 g/mol. The second-order valence-corrected chi connectivity index (χ2v) is 7.26. The molecular formula is C16H17F3N6O5S. The SMILES string of the molecule is CCOC(=O)CN(Cc1ccc(C(F)(F)F)nc1)c1nc([S+](C)[O-])nc(N)c1[N+](=O)[O-]. The summed E-state index contributed by atoms with van der Waals surface area (Å²) in [5.41, 5.74) is 3.94. The number of hydrogen-bond acceptors (Lipinski definition) is 10. The second-order valence-electron chi connectivity index (χ2n) is 5.99. The minimum atomic E-state index is -4.65. The van der Waals surface area contributed by atoms with E-state index in [1.54, 1.807) is 6.92 Å². The van der Waals surface area contributed by atoms with Crippen molar-refractivity contribution in [1.82, 2.24) is 15.0 Å². The lowest BCUT2D eigenvalue weighted by atomic mass is 10.2. The highest BCUT2D eigenvalue weighted by Crippen LogP contribution is 2.33. The molecule has 0 aliphatic heterocycles. The van der Waals surface area contributed by atoms with Gasteiger partial charge in [-0.15, -0.1) is 0 Å². The molecule has 2 heterocycles. The topological polar surface area (TPSA) is 160 Å². The summed E-state index contributed by atoms with van der Waals surface area (Å²) in [6.45, 7) is 0.706. The molecule has 2 aromatic rings. The van der Waals surface area contributed by atoms with E-state index in [0.717, 1.165) is 23.2 Å². The zero-order chi connectivity index (χ0) is 23.3. The smallest absolute Gasteiger partial charge is 0.433 e. The molecule has 0 saturated heterocycles. The standard InChI is InChI=1S/C16H17F3N6O5S/c1-3-30-11(26)8-24(7-9-4-5-10(21-6-9)16(17,18)19)14-12(25(27)28)13(20)22-15(23-14)31(2)29/h4-6H,3,7-8H2,1-2H3,(H2,20,22,23). The zero-order valence-electron chi connectivity index (χ0n) is 16.3. The third kappa shape index (κ3) is 6.14. The van der Waals surface area contributed by atoms with Crippen LogP contribution < -0.4 is 10.6 Å². The third-order valence-corrected chi connectivity index (χ3v) is 4.42. The maximum Gasteiger partial charge on any atom is 0.433 e. The van der Waals surface area contributed by atoms with E-state index >= 15 is 0 Å². The summed E-state index contributed by atoms with van der Waals surface area (Å²) >= 11 is -1.77. The average Bonchev–Trinajstić information content (AvgIpc) is 2.66. The Morgan fingerprint density at radius 3 is 2.52 bits per heavy atom. The number of hydrogen-bond donors (Lipinski definition) is 1. The molecule has 0 saturated carbocycles. The molecule has 2 aromatic heterocycles. The number of nitrogens with two attached hydrogens (primary N) is 1. The summed E-state index contributed by atoms with van der Waals surface area (Å²) in [5, 5.41) is 11.2. The van der Waals surface area contributed by atoms with Crippen LogP contribution in [0.4, 0.5) is 30.5 Å². The quantitative estimate of drug-likeness (QED) is 0.201. The van der Waals surface area contributed by atoms with Gasteiger partial charge in [0.05, 0.1) is 11.5 Å². The number of aromatic nitrogens is 3. The Morgan fingerprint density at radius 2 is 2.03 bits per heavy atom. The Labute approximate surface area is 176 Å². The van der Waals surface area contributed by atoms with E-state index in [0.29, 0.717) is 0 Å². The van der Waals surface area contributed by atoms with Crippen molar-refractivity contribution in [3.63, 3.8) is 0 Å². The lowest BCUT2D eigenvalue weighted by Gasteiger charge is -2.23. The molecule has 11 nitrogen and oxygen atoms in total. The van der Waals surface area contributed by atoms with E-state index in [1.165, 1.54) is 6.26 Å². The fourth-order valence-electron chi connectivity index (χ4n) is 2.44. The van der Waals surface area contributed by atoms with Gasteiger partial charge in [0.2, 0.25) is 11.6 Å². The summed E-state index contributed by atoms with van der Waals surface area (Å²) < 4.78 is 54.9. The second kappa shape index (κ2) is 9.74. The third-order valence-electron chi connectivity index (χ3n) is 3.73. The molecule has 0 aliphatic carbocycles. The number of alkyl halides is 3. The molecule has 0 fully saturated rings. The van der Waals surface area contributed by atoms with Gasteiger partial charge in [0.15, 0.2) is 0 Å². The number of nitrogens with zero attached hydrogens (tertiary/aromatic N) is 5. The van der Waals surface area contributed by atoms with Crippen molar-refractivity contribution >= 4 is 34.5 Å². The van der Waals surface area contributed by atoms with E-state index in [-0.39, 0.29) is 23.9 Å². The number of halogens is 3. The van der Waals surface area contributed by atoms with Crippen molar-refractivity contribution in [2.45, 2.75) is 24.8 Å². The molecule has 168 valence electrons. The number of ether oxygens (including phenoxy) is 1. The van der Waals surface area contributed by atoms with Crippen LogP contribution in [0.1, 0.15) is 18.2 Å². The van der Waals surface area contributed by atoms with Gasteiger partial charge in [-0.3, -0.25) is 19.9 Å². The van der Waals surface area contributed by atoms with Crippen LogP contribution in [0.5, 0.6) is 0 Å². The first-order valence-corrected chi connectivity index (χ1v) is 10.1. The Hall–Kier alpha value is -3.20. The Morgan fingerprint density at radius 1 is 1.35 bits per heavy atom. The van der Waals surface area contributed by atoms with Gasteiger partial charge in [-0.05, 0) is 18.6 Å². The molecule has 0 amide bonds. The van der Waals surface area contributed by atoms with Crippen LogP contribution in [0, 0.1) is 10.1 Å². The average molecular weight is 462 g/mol.